The Bertz CT molecular complexity index is 305. The lowest BCUT2D eigenvalue weighted by molar-refractivity contribution is 0.112. The van der Waals surface area contributed by atoms with Crippen molar-refractivity contribution >= 4 is 0 Å². The zero-order valence-corrected chi connectivity index (χ0v) is 8.85. The minimum Gasteiger partial charge on any atom is -0.206 e. The van der Waals surface area contributed by atoms with Crippen LogP contribution in [0.1, 0.15) is 37.3 Å². The summed E-state index contributed by atoms with van der Waals surface area (Å²) in [4.78, 5) is 0. The first-order chi connectivity index (χ1) is 6.59. The lowest BCUT2D eigenvalue weighted by Crippen LogP contribution is -1.92. The molecule has 0 radical (unpaired) electrons. The predicted molar refractivity (Wildman–Crippen MR) is 54.8 cm³/mol. The lowest BCUT2D eigenvalue weighted by Gasteiger charge is -1.99. The number of rotatable bonds is 1. The summed E-state index contributed by atoms with van der Waals surface area (Å²) in [6, 6.07) is 7.37. The molecule has 1 atom stereocenters. The Morgan fingerprint density at radius 1 is 1.29 bits per heavy atom. The Kier molecular flexibility index (Phi) is 3.25. The third-order valence-corrected chi connectivity index (χ3v) is 2.27. The molecule has 1 unspecified atom stereocenters. The molecule has 0 nitrogen and oxygen atoms in total. The number of hydrogen-bond donors (Lipinski definition) is 0. The highest BCUT2D eigenvalue weighted by molar-refractivity contribution is 5.32. The first-order valence-corrected chi connectivity index (χ1v) is 5.04. The summed E-state index contributed by atoms with van der Waals surface area (Å²) in [5, 5.41) is 0. The fourth-order valence-corrected chi connectivity index (χ4v) is 1.46. The van der Waals surface area contributed by atoms with Crippen LogP contribution in [0, 0.1) is 6.92 Å². The summed E-state index contributed by atoms with van der Waals surface area (Å²) < 4.78 is 25.2. The van der Waals surface area contributed by atoms with Gasteiger partial charge >= 0.3 is 0 Å². The second-order valence-corrected chi connectivity index (χ2v) is 3.43. The van der Waals surface area contributed by atoms with Crippen LogP contribution >= 0.6 is 0 Å². The van der Waals surface area contributed by atoms with Gasteiger partial charge in [0, 0.05) is 6.42 Å². The maximum Gasteiger partial charge on any atom is 0.255 e. The third-order valence-electron chi connectivity index (χ3n) is 2.27. The molecular weight excluding hydrogens is 182 g/mol. The number of alkyl halides is 2. The van der Waals surface area contributed by atoms with Crippen molar-refractivity contribution in [3.05, 3.63) is 35.4 Å². The molecule has 0 saturated heterocycles. The normalized spacial score (nSPS) is 22.2. The Labute approximate surface area is 84.0 Å². The van der Waals surface area contributed by atoms with Crippen LogP contribution in [-0.2, 0) is 0 Å². The van der Waals surface area contributed by atoms with Crippen LogP contribution in [0.15, 0.2) is 24.3 Å². The predicted octanol–water partition coefficient (Wildman–Crippen LogP) is 4.14. The second kappa shape index (κ2) is 4.07. The first-order valence-electron chi connectivity index (χ1n) is 5.04. The molecule has 0 amide bonds. The number of halogens is 2. The monoisotopic (exact) mass is 198 g/mol. The van der Waals surface area contributed by atoms with E-state index in [9.17, 15) is 8.78 Å². The van der Waals surface area contributed by atoms with Crippen molar-refractivity contribution in [2.45, 2.75) is 39.0 Å². The molecule has 1 aliphatic rings. The summed E-state index contributed by atoms with van der Waals surface area (Å²) in [6.45, 7) is 5.92. The molecular formula is C12H16F2. The van der Waals surface area contributed by atoms with Gasteiger partial charge in [0.1, 0.15) is 0 Å². The van der Waals surface area contributed by atoms with Crippen molar-refractivity contribution in [2.24, 2.45) is 0 Å². The van der Waals surface area contributed by atoms with E-state index < -0.39 is 11.8 Å². The molecule has 0 N–H and O–H groups in total. The minimum atomic E-state index is -2.44. The zero-order valence-electron chi connectivity index (χ0n) is 8.85. The van der Waals surface area contributed by atoms with Crippen LogP contribution in [-0.4, -0.2) is 5.92 Å². The highest BCUT2D eigenvalue weighted by atomic mass is 19.3. The van der Waals surface area contributed by atoms with E-state index in [1.165, 1.54) is 0 Å². The molecule has 0 bridgehead atoms. The Morgan fingerprint density at radius 3 is 2.29 bits per heavy atom. The number of hydrogen-bond acceptors (Lipinski definition) is 0. The Hall–Kier alpha value is -0.920. The molecule has 0 spiro atoms. The SMILES string of the molecule is CC.Cc1cccc(C2CC2(F)F)c1. The molecule has 2 rings (SSSR count). The van der Waals surface area contributed by atoms with Crippen LogP contribution < -0.4 is 0 Å². The van der Waals surface area contributed by atoms with Crippen LogP contribution in [0.3, 0.4) is 0 Å². The van der Waals surface area contributed by atoms with Crippen LogP contribution in [0.5, 0.6) is 0 Å². The van der Waals surface area contributed by atoms with Crippen molar-refractivity contribution < 1.29 is 8.78 Å². The van der Waals surface area contributed by atoms with Crippen LogP contribution in [0.4, 0.5) is 8.78 Å². The van der Waals surface area contributed by atoms with E-state index in [0.29, 0.717) is 0 Å². The molecule has 1 saturated carbocycles. The standard InChI is InChI=1S/C10H10F2.C2H6/c1-7-3-2-4-8(5-7)9-6-10(9,11)12;1-2/h2-5,9H,6H2,1H3;1-2H3. The van der Waals surface area contributed by atoms with Crippen molar-refractivity contribution in [2.75, 3.05) is 0 Å². The van der Waals surface area contributed by atoms with Crippen molar-refractivity contribution in [3.8, 4) is 0 Å². The van der Waals surface area contributed by atoms with Gasteiger partial charge in [-0.1, -0.05) is 43.7 Å². The number of benzene rings is 1. The summed E-state index contributed by atoms with van der Waals surface area (Å²) in [6.07, 6.45) is 0.0243. The average molecular weight is 198 g/mol. The molecule has 1 aromatic carbocycles. The van der Waals surface area contributed by atoms with E-state index >= 15 is 0 Å². The van der Waals surface area contributed by atoms with Gasteiger partial charge in [0.25, 0.3) is 5.92 Å². The average Bonchev–Trinajstić information content (AvgIpc) is 2.79. The molecule has 1 aliphatic carbocycles. The quantitative estimate of drug-likeness (QED) is 0.636. The smallest absolute Gasteiger partial charge is 0.206 e. The highest BCUT2D eigenvalue weighted by Crippen LogP contribution is 2.55. The van der Waals surface area contributed by atoms with Crippen molar-refractivity contribution in [1.82, 2.24) is 0 Å². The molecule has 0 aliphatic heterocycles. The van der Waals surface area contributed by atoms with Crippen LogP contribution in [0.2, 0.25) is 0 Å². The largest absolute Gasteiger partial charge is 0.255 e. The van der Waals surface area contributed by atoms with Gasteiger partial charge in [0.05, 0.1) is 5.92 Å². The summed E-state index contributed by atoms with van der Waals surface area (Å²) in [5.74, 6) is -2.95. The van der Waals surface area contributed by atoms with Gasteiger partial charge in [0.15, 0.2) is 0 Å². The molecule has 1 aromatic rings. The second-order valence-electron chi connectivity index (χ2n) is 3.43. The molecule has 14 heavy (non-hydrogen) atoms. The van der Waals surface area contributed by atoms with Gasteiger partial charge in [0.2, 0.25) is 0 Å². The van der Waals surface area contributed by atoms with Crippen molar-refractivity contribution in [1.29, 1.82) is 0 Å². The lowest BCUT2D eigenvalue weighted by atomic mass is 10.1. The van der Waals surface area contributed by atoms with Gasteiger partial charge in [-0.3, -0.25) is 0 Å². The highest BCUT2D eigenvalue weighted by Gasteiger charge is 2.57. The minimum absolute atomic E-state index is 0.0243. The molecule has 78 valence electrons. The fraction of sp³-hybridized carbons (Fsp3) is 0.500. The van der Waals surface area contributed by atoms with Crippen molar-refractivity contribution in [3.63, 3.8) is 0 Å². The molecule has 0 heterocycles. The molecule has 2 heteroatoms. The summed E-state index contributed by atoms with van der Waals surface area (Å²) in [5.41, 5.74) is 1.83. The fourth-order valence-electron chi connectivity index (χ4n) is 1.46. The van der Waals surface area contributed by atoms with E-state index in [1.807, 2.05) is 39.0 Å². The first kappa shape index (κ1) is 11.2. The van der Waals surface area contributed by atoms with E-state index in [4.69, 9.17) is 0 Å². The maximum absolute atomic E-state index is 12.6. The van der Waals surface area contributed by atoms with E-state index in [0.717, 1.165) is 11.1 Å². The zero-order chi connectivity index (χ0) is 10.8. The van der Waals surface area contributed by atoms with Crippen LogP contribution in [0.25, 0.3) is 0 Å². The Balaban J connectivity index is 0.000000461. The topological polar surface area (TPSA) is 0 Å². The van der Waals surface area contributed by atoms with Gasteiger partial charge < -0.3 is 0 Å². The van der Waals surface area contributed by atoms with Gasteiger partial charge in [-0.2, -0.15) is 0 Å². The van der Waals surface area contributed by atoms with E-state index in [2.05, 4.69) is 0 Å². The summed E-state index contributed by atoms with van der Waals surface area (Å²) >= 11 is 0. The van der Waals surface area contributed by atoms with Gasteiger partial charge in [-0.15, -0.1) is 0 Å². The molecule has 1 fully saturated rings. The van der Waals surface area contributed by atoms with E-state index in [1.54, 1.807) is 6.07 Å². The maximum atomic E-state index is 12.6. The van der Waals surface area contributed by atoms with E-state index in [-0.39, 0.29) is 6.42 Å². The van der Waals surface area contributed by atoms with Gasteiger partial charge in [-0.25, -0.2) is 8.78 Å². The van der Waals surface area contributed by atoms with Gasteiger partial charge in [-0.05, 0) is 12.5 Å². The number of aryl methyl sites for hydroxylation is 1. The summed E-state index contributed by atoms with van der Waals surface area (Å²) in [7, 11) is 0. The molecule has 0 aromatic heterocycles. The Morgan fingerprint density at radius 2 is 1.86 bits per heavy atom. The third kappa shape index (κ3) is 2.31.